The van der Waals surface area contributed by atoms with E-state index in [2.05, 4.69) is 15.9 Å². The molecule has 1 aromatic rings. The maximum absolute atomic E-state index is 13.7. The molecule has 0 heterocycles. The molecule has 0 amide bonds. The number of anilines is 1. The summed E-state index contributed by atoms with van der Waals surface area (Å²) in [6, 6.07) is 4.48. The molecule has 0 aromatic heterocycles. The second-order valence-electron chi connectivity index (χ2n) is 3.14. The van der Waals surface area contributed by atoms with Crippen LogP contribution in [0.2, 0.25) is 0 Å². The molecule has 0 aliphatic rings. The van der Waals surface area contributed by atoms with Crippen LogP contribution < -0.4 is 4.90 Å². The molecule has 0 fully saturated rings. The van der Waals surface area contributed by atoms with E-state index >= 15 is 0 Å². The number of nitrogens with zero attached hydrogens (tertiary/aromatic N) is 2. The largest absolute Gasteiger partial charge is 0.366 e. The third-order valence-electron chi connectivity index (χ3n) is 2.01. The summed E-state index contributed by atoms with van der Waals surface area (Å²) in [6.45, 7) is -0.560. The van der Waals surface area contributed by atoms with Gasteiger partial charge in [-0.2, -0.15) is 5.26 Å². The van der Waals surface area contributed by atoms with Crippen molar-refractivity contribution in [3.63, 3.8) is 0 Å². The quantitative estimate of drug-likeness (QED) is 0.856. The highest BCUT2D eigenvalue weighted by Crippen LogP contribution is 2.28. The molecule has 1 aromatic carbocycles. The summed E-state index contributed by atoms with van der Waals surface area (Å²) in [5, 5.41) is 8.64. The lowest BCUT2D eigenvalue weighted by Gasteiger charge is -2.19. The molecule has 1 rings (SSSR count). The van der Waals surface area contributed by atoms with E-state index in [-0.39, 0.29) is 15.7 Å². The number of hydrogen-bond acceptors (Lipinski definition) is 2. The van der Waals surface area contributed by atoms with Gasteiger partial charge in [0.05, 0.1) is 22.3 Å². The summed E-state index contributed by atoms with van der Waals surface area (Å²) in [4.78, 5) is 1.10. The van der Waals surface area contributed by atoms with Gasteiger partial charge in [0.15, 0.2) is 5.82 Å². The van der Waals surface area contributed by atoms with Crippen LogP contribution in [0.5, 0.6) is 0 Å². The van der Waals surface area contributed by atoms with Crippen molar-refractivity contribution in [3.8, 4) is 6.07 Å². The number of alkyl halides is 2. The topological polar surface area (TPSA) is 27.0 Å². The van der Waals surface area contributed by atoms with Crippen molar-refractivity contribution in [2.75, 3.05) is 18.5 Å². The molecular weight excluding hydrogens is 285 g/mol. The first kappa shape index (κ1) is 12.8. The molecule has 0 N–H and O–H groups in total. The molecule has 16 heavy (non-hydrogen) atoms. The molecule has 0 radical (unpaired) electrons. The zero-order chi connectivity index (χ0) is 12.3. The van der Waals surface area contributed by atoms with Gasteiger partial charge in [-0.1, -0.05) is 0 Å². The molecule has 6 heteroatoms. The van der Waals surface area contributed by atoms with Crippen molar-refractivity contribution in [2.24, 2.45) is 0 Å². The maximum atomic E-state index is 13.7. The van der Waals surface area contributed by atoms with Crippen molar-refractivity contribution in [3.05, 3.63) is 28.0 Å². The van der Waals surface area contributed by atoms with Crippen LogP contribution in [0.4, 0.5) is 18.9 Å². The molecule has 2 nitrogen and oxygen atoms in total. The Hall–Kier alpha value is -1.22. The predicted octanol–water partition coefficient (Wildman–Crippen LogP) is 3.16. The molecule has 86 valence electrons. The van der Waals surface area contributed by atoms with Gasteiger partial charge in [-0.25, -0.2) is 13.2 Å². The van der Waals surface area contributed by atoms with Gasteiger partial charge in [-0.15, -0.1) is 0 Å². The molecule has 0 unspecified atom stereocenters. The normalized spacial score (nSPS) is 10.3. The van der Waals surface area contributed by atoms with E-state index in [9.17, 15) is 13.2 Å². The van der Waals surface area contributed by atoms with E-state index in [0.717, 1.165) is 4.90 Å². The highest BCUT2D eigenvalue weighted by atomic mass is 79.9. The molecule has 0 atom stereocenters. The molecule has 0 spiro atoms. The van der Waals surface area contributed by atoms with Crippen molar-refractivity contribution in [2.45, 2.75) is 6.43 Å². The van der Waals surface area contributed by atoms with Crippen molar-refractivity contribution in [1.82, 2.24) is 0 Å². The Morgan fingerprint density at radius 2 is 2.12 bits per heavy atom. The average Bonchev–Trinajstić information content (AvgIpc) is 2.20. The van der Waals surface area contributed by atoms with Crippen molar-refractivity contribution >= 4 is 21.6 Å². The molecule has 0 aliphatic heterocycles. The lowest BCUT2D eigenvalue weighted by molar-refractivity contribution is 0.156. The lowest BCUT2D eigenvalue weighted by atomic mass is 10.2. The number of benzene rings is 1. The zero-order valence-corrected chi connectivity index (χ0v) is 9.93. The number of hydrogen-bond donors (Lipinski definition) is 0. The Labute approximate surface area is 99.4 Å². The van der Waals surface area contributed by atoms with E-state index in [1.54, 1.807) is 6.07 Å². The SMILES string of the molecule is CN(CC(F)F)c1ccc(C#N)c(Br)c1F. The van der Waals surface area contributed by atoms with E-state index in [4.69, 9.17) is 5.26 Å². The minimum absolute atomic E-state index is 0.00591. The smallest absolute Gasteiger partial charge is 0.255 e. The maximum Gasteiger partial charge on any atom is 0.255 e. The molecule has 0 saturated heterocycles. The van der Waals surface area contributed by atoms with Crippen LogP contribution in [0, 0.1) is 17.1 Å². The van der Waals surface area contributed by atoms with Gasteiger partial charge in [0.2, 0.25) is 0 Å². The first-order valence-electron chi connectivity index (χ1n) is 4.34. The zero-order valence-electron chi connectivity index (χ0n) is 8.35. The fraction of sp³-hybridized carbons (Fsp3) is 0.300. The minimum Gasteiger partial charge on any atom is -0.366 e. The third kappa shape index (κ3) is 2.67. The second kappa shape index (κ2) is 5.21. The predicted molar refractivity (Wildman–Crippen MR) is 58.1 cm³/mol. The molecule has 0 aliphatic carbocycles. The number of nitriles is 1. The van der Waals surface area contributed by atoms with Crippen LogP contribution in [0.3, 0.4) is 0 Å². The van der Waals surface area contributed by atoms with E-state index in [0.29, 0.717) is 0 Å². The monoisotopic (exact) mass is 292 g/mol. The lowest BCUT2D eigenvalue weighted by Crippen LogP contribution is -2.25. The highest BCUT2D eigenvalue weighted by Gasteiger charge is 2.16. The Morgan fingerprint density at radius 1 is 1.50 bits per heavy atom. The summed E-state index contributed by atoms with van der Waals surface area (Å²) in [6.07, 6.45) is -2.54. The highest BCUT2D eigenvalue weighted by molar-refractivity contribution is 9.10. The van der Waals surface area contributed by atoms with Crippen LogP contribution in [-0.2, 0) is 0 Å². The molecule has 0 bridgehead atoms. The summed E-state index contributed by atoms with van der Waals surface area (Å²) in [7, 11) is 1.36. The molecular formula is C10H8BrF3N2. The van der Waals surface area contributed by atoms with Gasteiger partial charge in [-0.05, 0) is 28.1 Å². The minimum atomic E-state index is -2.54. The van der Waals surface area contributed by atoms with E-state index < -0.39 is 18.8 Å². The van der Waals surface area contributed by atoms with Crippen molar-refractivity contribution in [1.29, 1.82) is 5.26 Å². The van der Waals surface area contributed by atoms with Crippen molar-refractivity contribution < 1.29 is 13.2 Å². The first-order valence-corrected chi connectivity index (χ1v) is 5.14. The van der Waals surface area contributed by atoms with Crippen LogP contribution in [0.25, 0.3) is 0 Å². The Kier molecular flexibility index (Phi) is 4.19. The van der Waals surface area contributed by atoms with Crippen LogP contribution in [0.15, 0.2) is 16.6 Å². The summed E-state index contributed by atoms with van der Waals surface area (Å²) < 4.78 is 37.9. The fourth-order valence-corrected chi connectivity index (χ4v) is 1.65. The number of rotatable bonds is 3. The van der Waals surface area contributed by atoms with E-state index in [1.165, 1.54) is 19.2 Å². The summed E-state index contributed by atoms with van der Waals surface area (Å²) in [5.41, 5.74) is 0.165. The van der Waals surface area contributed by atoms with Crippen LogP contribution >= 0.6 is 15.9 Å². The average molecular weight is 293 g/mol. The Morgan fingerprint density at radius 3 is 2.62 bits per heavy atom. The van der Waals surface area contributed by atoms with Gasteiger partial charge in [0.1, 0.15) is 6.07 Å². The summed E-state index contributed by atoms with van der Waals surface area (Å²) >= 11 is 2.91. The van der Waals surface area contributed by atoms with Gasteiger partial charge in [0, 0.05) is 7.05 Å². The third-order valence-corrected chi connectivity index (χ3v) is 2.78. The van der Waals surface area contributed by atoms with Gasteiger partial charge in [-0.3, -0.25) is 0 Å². The molecule has 0 saturated carbocycles. The standard InChI is InChI=1S/C10H8BrF3N2/c1-16(5-8(12)13)7-3-2-6(4-15)9(11)10(7)14/h2-3,8H,5H2,1H3. The van der Waals surface area contributed by atoms with Crippen LogP contribution in [-0.4, -0.2) is 20.0 Å². The summed E-state index contributed by atoms with van der Waals surface area (Å²) in [5.74, 6) is -0.706. The van der Waals surface area contributed by atoms with Gasteiger partial charge < -0.3 is 4.90 Å². The second-order valence-corrected chi connectivity index (χ2v) is 3.94. The van der Waals surface area contributed by atoms with Gasteiger partial charge in [0.25, 0.3) is 6.43 Å². The van der Waals surface area contributed by atoms with Gasteiger partial charge >= 0.3 is 0 Å². The number of halogens is 4. The fourth-order valence-electron chi connectivity index (χ4n) is 1.23. The Balaban J connectivity index is 3.08. The first-order chi connectivity index (χ1) is 7.47. The van der Waals surface area contributed by atoms with E-state index in [1.807, 2.05) is 0 Å². The van der Waals surface area contributed by atoms with Crippen LogP contribution in [0.1, 0.15) is 5.56 Å². The Bertz CT molecular complexity index is 429.